The molecule has 80 heavy (non-hydrogen) atoms. The molecule has 6 amide bonds. The lowest BCUT2D eigenvalue weighted by Gasteiger charge is -2.11. The number of ketones is 2. The summed E-state index contributed by atoms with van der Waals surface area (Å²) in [5, 5.41) is 29.1. The fraction of sp³-hybridized carbons (Fsp3) is 0.677. The zero-order valence-electron chi connectivity index (χ0n) is 53.1. The molecule has 18 heteroatoms. The third kappa shape index (κ3) is 57.1. The molecule has 0 saturated carbocycles. The van der Waals surface area contributed by atoms with Gasteiger partial charge < -0.3 is 62.8 Å². The maximum Gasteiger partial charge on any atom is 0.224 e. The number of hydrogen-bond acceptors (Lipinski definition) is 12. The molecule has 0 bridgehead atoms. The Morgan fingerprint density at radius 2 is 0.650 bits per heavy atom. The molecular formula is C62H114N10O8. The smallest absolute Gasteiger partial charge is 0.224 e. The van der Waals surface area contributed by atoms with Crippen LogP contribution in [-0.2, 0) is 51.3 Å². The third-order valence-corrected chi connectivity index (χ3v) is 11.5. The summed E-state index contributed by atoms with van der Waals surface area (Å²) in [5.41, 5.74) is 4.50. The van der Waals surface area contributed by atoms with E-state index in [-0.39, 0.29) is 58.8 Å². The summed E-state index contributed by atoms with van der Waals surface area (Å²) in [6.07, 6.45) is 4.18. The Labute approximate surface area is 485 Å². The lowest BCUT2D eigenvalue weighted by molar-refractivity contribution is -0.123. The Morgan fingerprint density at radius 3 is 1.00 bits per heavy atom. The van der Waals surface area contributed by atoms with Crippen LogP contribution >= 0.6 is 0 Å². The maximum absolute atomic E-state index is 11.7. The fourth-order valence-corrected chi connectivity index (χ4v) is 7.34. The van der Waals surface area contributed by atoms with E-state index < -0.39 is 0 Å². The van der Waals surface area contributed by atoms with E-state index >= 15 is 0 Å². The fourth-order valence-electron chi connectivity index (χ4n) is 7.34. The van der Waals surface area contributed by atoms with Gasteiger partial charge in [-0.3, -0.25) is 28.8 Å². The van der Waals surface area contributed by atoms with Crippen molar-refractivity contribution in [3.63, 3.8) is 0 Å². The molecule has 0 aliphatic rings. The minimum Gasteiger partial charge on any atom is -0.356 e. The van der Waals surface area contributed by atoms with Crippen LogP contribution in [0.3, 0.4) is 0 Å². The summed E-state index contributed by atoms with van der Waals surface area (Å²) in [6, 6.07) is 16.0. The number of amides is 6. The van der Waals surface area contributed by atoms with Crippen molar-refractivity contribution in [3.8, 4) is 0 Å². The largest absolute Gasteiger partial charge is 0.356 e. The number of carbonyl (C=O) groups is 8. The van der Waals surface area contributed by atoms with E-state index in [4.69, 9.17) is 0 Å². The Hall–Kier alpha value is -5.56. The van der Waals surface area contributed by atoms with E-state index in [1.54, 1.807) is 13.8 Å². The van der Waals surface area contributed by atoms with Gasteiger partial charge in [-0.05, 0) is 143 Å². The average Bonchev–Trinajstić information content (AvgIpc) is 3.38. The zero-order chi connectivity index (χ0) is 61.8. The van der Waals surface area contributed by atoms with Crippen LogP contribution in [0.1, 0.15) is 150 Å². The molecule has 2 aromatic rings. The number of carbonyl (C=O) groups excluding carboxylic acids is 8. The van der Waals surface area contributed by atoms with Gasteiger partial charge in [0.2, 0.25) is 35.4 Å². The van der Waals surface area contributed by atoms with Crippen LogP contribution in [-0.4, -0.2) is 134 Å². The molecule has 10 N–H and O–H groups in total. The molecule has 0 radical (unpaired) electrons. The minimum absolute atomic E-state index is 0.00400. The van der Waals surface area contributed by atoms with Gasteiger partial charge >= 0.3 is 0 Å². The highest BCUT2D eigenvalue weighted by molar-refractivity contribution is 5.80. The Morgan fingerprint density at radius 1 is 0.350 bits per heavy atom. The standard InChI is InChI=1S/2C15H21NO2.4C8H18N2O/c1-11-4-6-14(7-5-11)9-15(18)16-10-12(2)8-13(3)17;1-11-4-6-14(7-5-11)10-16-15(18)9-12(2)8-13(3)17;2*1-4-10-8(11)5-7(2)6-9-3;2*1-4-8(11)10-6-7(2)5-9-3/h2*4-7,12H,8-10H2,1-3H3,(H,16,18);4*7,9H,4-6H2,1-3H3,(H,10,11). The first-order chi connectivity index (χ1) is 37.7. The number of aryl methyl sites for hydroxylation is 2. The molecular weight excluding hydrogens is 1010 g/mol. The van der Waals surface area contributed by atoms with Crippen LogP contribution in [0.15, 0.2) is 48.5 Å². The minimum atomic E-state index is 0.00400. The third-order valence-electron chi connectivity index (χ3n) is 11.5. The van der Waals surface area contributed by atoms with Crippen LogP contribution in [0.2, 0.25) is 0 Å². The van der Waals surface area contributed by atoms with Crippen molar-refractivity contribution in [2.24, 2.45) is 35.5 Å². The van der Waals surface area contributed by atoms with Crippen molar-refractivity contribution in [1.82, 2.24) is 53.2 Å². The van der Waals surface area contributed by atoms with Crippen LogP contribution in [0.5, 0.6) is 0 Å². The number of hydrogen-bond donors (Lipinski definition) is 10. The molecule has 0 aliphatic heterocycles. The highest BCUT2D eigenvalue weighted by atomic mass is 16.2. The lowest BCUT2D eigenvalue weighted by atomic mass is 10.0. The maximum atomic E-state index is 11.7. The highest BCUT2D eigenvalue weighted by Gasteiger charge is 2.12. The van der Waals surface area contributed by atoms with Crippen molar-refractivity contribution in [3.05, 3.63) is 70.8 Å². The van der Waals surface area contributed by atoms with Crippen molar-refractivity contribution in [2.45, 2.75) is 155 Å². The van der Waals surface area contributed by atoms with Crippen LogP contribution in [0.4, 0.5) is 0 Å². The number of rotatable bonds is 32. The number of nitrogens with one attached hydrogen (secondary N) is 10. The molecule has 460 valence electrons. The van der Waals surface area contributed by atoms with Gasteiger partial charge in [-0.2, -0.15) is 0 Å². The SMILES string of the molecule is CC(=O)CC(C)CC(=O)NCc1ccc(C)cc1.CC(=O)CC(C)CNC(=O)Cc1ccc(C)cc1.CCC(=O)NCC(C)CNC.CCC(=O)NCC(C)CNC.CCNC(=O)CC(C)CNC.CCNC(=O)CC(C)CNC. The molecule has 18 nitrogen and oxygen atoms in total. The highest BCUT2D eigenvalue weighted by Crippen LogP contribution is 2.09. The Bertz CT molecular complexity index is 1880. The molecule has 0 saturated heterocycles. The average molecular weight is 1130 g/mol. The van der Waals surface area contributed by atoms with E-state index in [1.165, 1.54) is 11.1 Å². The number of benzene rings is 2. The summed E-state index contributed by atoms with van der Waals surface area (Å²) in [5.74, 6) is 3.04. The predicted molar refractivity (Wildman–Crippen MR) is 330 cm³/mol. The van der Waals surface area contributed by atoms with Gasteiger partial charge in [0, 0.05) is 84.2 Å². The summed E-state index contributed by atoms with van der Waals surface area (Å²) in [4.78, 5) is 88.7. The van der Waals surface area contributed by atoms with Crippen LogP contribution in [0.25, 0.3) is 0 Å². The van der Waals surface area contributed by atoms with Gasteiger partial charge in [0.05, 0.1) is 6.42 Å². The van der Waals surface area contributed by atoms with Gasteiger partial charge in [0.15, 0.2) is 0 Å². The summed E-state index contributed by atoms with van der Waals surface area (Å²) in [7, 11) is 7.62. The van der Waals surface area contributed by atoms with Crippen LogP contribution in [0, 0.1) is 49.4 Å². The van der Waals surface area contributed by atoms with E-state index in [0.29, 0.717) is 88.1 Å². The molecule has 0 spiro atoms. The van der Waals surface area contributed by atoms with Gasteiger partial charge in [-0.15, -0.1) is 0 Å². The van der Waals surface area contributed by atoms with Gasteiger partial charge in [0.25, 0.3) is 0 Å². The zero-order valence-corrected chi connectivity index (χ0v) is 53.1. The first-order valence-corrected chi connectivity index (χ1v) is 29.0. The Balaban J connectivity index is -0.000000441. The molecule has 0 heterocycles. The van der Waals surface area contributed by atoms with E-state index in [2.05, 4.69) is 80.9 Å². The predicted octanol–water partition coefficient (Wildman–Crippen LogP) is 6.36. The summed E-state index contributed by atoms with van der Waals surface area (Å²) >= 11 is 0. The normalized spacial score (nSPS) is 12.3. The van der Waals surface area contributed by atoms with Crippen molar-refractivity contribution < 1.29 is 38.4 Å². The van der Waals surface area contributed by atoms with E-state index in [1.807, 2.05) is 132 Å². The second-order valence-corrected chi connectivity index (χ2v) is 21.2. The van der Waals surface area contributed by atoms with Crippen molar-refractivity contribution >= 4 is 47.0 Å². The quantitative estimate of drug-likeness (QED) is 0.0384. The monoisotopic (exact) mass is 1130 g/mol. The van der Waals surface area contributed by atoms with Gasteiger partial charge in [0.1, 0.15) is 11.6 Å². The second kappa shape index (κ2) is 54.0. The van der Waals surface area contributed by atoms with Crippen molar-refractivity contribution in [2.75, 3.05) is 87.1 Å². The summed E-state index contributed by atoms with van der Waals surface area (Å²) in [6.45, 7) is 34.8. The first-order valence-electron chi connectivity index (χ1n) is 29.0. The molecule has 6 unspecified atom stereocenters. The molecule has 2 rings (SSSR count). The van der Waals surface area contributed by atoms with Crippen LogP contribution < -0.4 is 53.2 Å². The van der Waals surface area contributed by atoms with E-state index in [9.17, 15) is 38.4 Å². The second-order valence-electron chi connectivity index (χ2n) is 21.2. The Kier molecular flexibility index (Phi) is 54.7. The first kappa shape index (κ1) is 80.9. The topological polar surface area (TPSA) is 257 Å². The van der Waals surface area contributed by atoms with E-state index in [0.717, 1.165) is 63.5 Å². The molecule has 0 fully saturated rings. The molecule has 0 aromatic heterocycles. The number of Topliss-reactive ketones (excluding diaryl/α,β-unsaturated/α-hetero) is 2. The van der Waals surface area contributed by atoms with Crippen molar-refractivity contribution in [1.29, 1.82) is 0 Å². The van der Waals surface area contributed by atoms with Gasteiger partial charge in [-0.25, -0.2) is 0 Å². The molecule has 6 atom stereocenters. The summed E-state index contributed by atoms with van der Waals surface area (Å²) < 4.78 is 0. The molecule has 2 aromatic carbocycles. The van der Waals surface area contributed by atoms with Gasteiger partial charge in [-0.1, -0.05) is 115 Å². The lowest BCUT2D eigenvalue weighted by Crippen LogP contribution is -2.31. The molecule has 0 aliphatic carbocycles.